The van der Waals surface area contributed by atoms with Crippen molar-refractivity contribution in [1.82, 2.24) is 0 Å². The van der Waals surface area contributed by atoms with Crippen molar-refractivity contribution in [2.45, 2.75) is 6.92 Å². The van der Waals surface area contributed by atoms with Crippen molar-refractivity contribution in [2.75, 3.05) is 24.3 Å². The molecule has 1 amide bonds. The van der Waals surface area contributed by atoms with E-state index in [1.807, 2.05) is 6.92 Å². The summed E-state index contributed by atoms with van der Waals surface area (Å²) >= 11 is 3.28. The molecule has 0 saturated heterocycles. The molecule has 0 aliphatic carbocycles. The van der Waals surface area contributed by atoms with Gasteiger partial charge in [-0.05, 0) is 41.1 Å². The highest BCUT2D eigenvalue weighted by atomic mass is 79.9. The fourth-order valence-corrected chi connectivity index (χ4v) is 1.26. The SMILES string of the molecule is CCOCC(=O)Nc1ccc(Br)c(N)c1. The maximum Gasteiger partial charge on any atom is 0.250 e. The van der Waals surface area contributed by atoms with Crippen molar-refractivity contribution >= 4 is 33.2 Å². The first-order chi connectivity index (χ1) is 7.13. The average Bonchev–Trinajstić information content (AvgIpc) is 2.20. The number of carbonyl (C=O) groups excluding carboxylic acids is 1. The number of hydrogen-bond donors (Lipinski definition) is 2. The number of ether oxygens (including phenoxy) is 1. The molecule has 0 aliphatic heterocycles. The van der Waals surface area contributed by atoms with Gasteiger partial charge in [0.2, 0.25) is 5.91 Å². The van der Waals surface area contributed by atoms with Gasteiger partial charge in [0.1, 0.15) is 6.61 Å². The van der Waals surface area contributed by atoms with Gasteiger partial charge in [0, 0.05) is 22.5 Å². The number of benzene rings is 1. The lowest BCUT2D eigenvalue weighted by molar-refractivity contribution is -0.120. The summed E-state index contributed by atoms with van der Waals surface area (Å²) in [7, 11) is 0. The van der Waals surface area contributed by atoms with Crippen LogP contribution in [-0.2, 0) is 9.53 Å². The minimum Gasteiger partial charge on any atom is -0.398 e. The summed E-state index contributed by atoms with van der Waals surface area (Å²) < 4.78 is 5.78. The first-order valence-electron chi connectivity index (χ1n) is 4.56. The number of hydrogen-bond acceptors (Lipinski definition) is 3. The molecular weight excluding hydrogens is 260 g/mol. The molecule has 82 valence electrons. The van der Waals surface area contributed by atoms with E-state index in [0.717, 1.165) is 4.47 Å². The van der Waals surface area contributed by atoms with Crippen molar-refractivity contribution in [3.63, 3.8) is 0 Å². The van der Waals surface area contributed by atoms with Crippen molar-refractivity contribution in [3.8, 4) is 0 Å². The second-order valence-corrected chi connectivity index (χ2v) is 3.78. The average molecular weight is 273 g/mol. The molecule has 3 N–H and O–H groups in total. The van der Waals surface area contributed by atoms with E-state index in [0.29, 0.717) is 18.0 Å². The van der Waals surface area contributed by atoms with Gasteiger partial charge in [-0.15, -0.1) is 0 Å². The largest absolute Gasteiger partial charge is 0.398 e. The van der Waals surface area contributed by atoms with Gasteiger partial charge in [-0.2, -0.15) is 0 Å². The predicted molar refractivity (Wildman–Crippen MR) is 63.7 cm³/mol. The molecule has 4 nitrogen and oxygen atoms in total. The van der Waals surface area contributed by atoms with Gasteiger partial charge < -0.3 is 15.8 Å². The van der Waals surface area contributed by atoms with E-state index in [1.54, 1.807) is 18.2 Å². The quantitative estimate of drug-likeness (QED) is 0.825. The van der Waals surface area contributed by atoms with Gasteiger partial charge in [-0.25, -0.2) is 0 Å². The maximum atomic E-state index is 11.3. The van der Waals surface area contributed by atoms with Gasteiger partial charge >= 0.3 is 0 Å². The molecule has 0 atom stereocenters. The summed E-state index contributed by atoms with van der Waals surface area (Å²) in [5.41, 5.74) is 6.92. The standard InChI is InChI=1S/C10H13BrN2O2/c1-2-15-6-10(14)13-7-3-4-8(11)9(12)5-7/h3-5H,2,6,12H2,1H3,(H,13,14). The van der Waals surface area contributed by atoms with Crippen molar-refractivity contribution in [2.24, 2.45) is 0 Å². The summed E-state index contributed by atoms with van der Waals surface area (Å²) in [5.74, 6) is -0.182. The third-order valence-electron chi connectivity index (χ3n) is 1.72. The van der Waals surface area contributed by atoms with Gasteiger partial charge in [0.25, 0.3) is 0 Å². The van der Waals surface area contributed by atoms with Gasteiger partial charge in [0.05, 0.1) is 0 Å². The van der Waals surface area contributed by atoms with Crippen LogP contribution in [-0.4, -0.2) is 19.1 Å². The lowest BCUT2D eigenvalue weighted by Crippen LogP contribution is -2.18. The van der Waals surface area contributed by atoms with Gasteiger partial charge in [-0.3, -0.25) is 4.79 Å². The third kappa shape index (κ3) is 3.89. The number of anilines is 2. The Balaban J connectivity index is 2.57. The lowest BCUT2D eigenvalue weighted by atomic mass is 10.3. The first kappa shape index (κ1) is 12.0. The Morgan fingerprint density at radius 3 is 2.93 bits per heavy atom. The Kier molecular flexibility index (Phi) is 4.58. The van der Waals surface area contributed by atoms with E-state index in [9.17, 15) is 4.79 Å². The molecule has 1 rings (SSSR count). The fraction of sp³-hybridized carbons (Fsp3) is 0.300. The van der Waals surface area contributed by atoms with Crippen LogP contribution in [0.4, 0.5) is 11.4 Å². The van der Waals surface area contributed by atoms with Crippen LogP contribution in [0.2, 0.25) is 0 Å². The Morgan fingerprint density at radius 1 is 1.60 bits per heavy atom. The van der Waals surface area contributed by atoms with Crippen molar-refractivity contribution in [1.29, 1.82) is 0 Å². The number of rotatable bonds is 4. The van der Waals surface area contributed by atoms with Crippen LogP contribution in [0.15, 0.2) is 22.7 Å². The summed E-state index contributed by atoms with van der Waals surface area (Å²) in [5, 5.41) is 2.68. The molecular formula is C10H13BrN2O2. The molecule has 0 heterocycles. The smallest absolute Gasteiger partial charge is 0.250 e. The second kappa shape index (κ2) is 5.72. The topological polar surface area (TPSA) is 64.3 Å². The van der Waals surface area contributed by atoms with E-state index in [-0.39, 0.29) is 12.5 Å². The van der Waals surface area contributed by atoms with Gasteiger partial charge in [0.15, 0.2) is 0 Å². The Labute approximate surface area is 96.9 Å². The summed E-state index contributed by atoms with van der Waals surface area (Å²) in [6, 6.07) is 5.24. The minimum atomic E-state index is -0.182. The molecule has 0 bridgehead atoms. The van der Waals surface area contributed by atoms with Crippen molar-refractivity contribution < 1.29 is 9.53 Å². The number of nitrogens with two attached hydrogens (primary N) is 1. The third-order valence-corrected chi connectivity index (χ3v) is 2.44. The van der Waals surface area contributed by atoms with Crippen LogP contribution in [0.5, 0.6) is 0 Å². The van der Waals surface area contributed by atoms with Crippen LogP contribution in [0.3, 0.4) is 0 Å². The number of nitrogen functional groups attached to an aromatic ring is 1. The monoisotopic (exact) mass is 272 g/mol. The molecule has 1 aromatic carbocycles. The van der Waals surface area contributed by atoms with Crippen LogP contribution in [0.25, 0.3) is 0 Å². The Hall–Kier alpha value is -1.07. The van der Waals surface area contributed by atoms with Gasteiger partial charge in [-0.1, -0.05) is 0 Å². The van der Waals surface area contributed by atoms with Crippen LogP contribution in [0.1, 0.15) is 6.92 Å². The molecule has 0 spiro atoms. The van der Waals surface area contributed by atoms with Crippen LogP contribution < -0.4 is 11.1 Å². The molecule has 5 heteroatoms. The van der Waals surface area contributed by atoms with E-state index in [2.05, 4.69) is 21.2 Å². The molecule has 0 unspecified atom stereocenters. The Morgan fingerprint density at radius 2 is 2.33 bits per heavy atom. The first-order valence-corrected chi connectivity index (χ1v) is 5.35. The van der Waals surface area contributed by atoms with E-state index in [4.69, 9.17) is 10.5 Å². The predicted octanol–water partition coefficient (Wildman–Crippen LogP) is 2.01. The Bertz CT molecular complexity index is 355. The summed E-state index contributed by atoms with van der Waals surface area (Å²) in [6.45, 7) is 2.42. The highest BCUT2D eigenvalue weighted by molar-refractivity contribution is 9.10. The fourth-order valence-electron chi connectivity index (χ4n) is 1.01. The summed E-state index contributed by atoms with van der Waals surface area (Å²) in [6.07, 6.45) is 0. The molecule has 1 aromatic rings. The number of halogens is 1. The molecule has 0 aliphatic rings. The second-order valence-electron chi connectivity index (χ2n) is 2.92. The lowest BCUT2D eigenvalue weighted by Gasteiger charge is -2.06. The zero-order chi connectivity index (χ0) is 11.3. The molecule has 0 aromatic heterocycles. The molecule has 0 radical (unpaired) electrons. The van der Waals surface area contributed by atoms with Crippen LogP contribution in [0, 0.1) is 0 Å². The highest BCUT2D eigenvalue weighted by Gasteiger charge is 2.03. The van der Waals surface area contributed by atoms with Crippen LogP contribution >= 0.6 is 15.9 Å². The molecule has 0 saturated carbocycles. The maximum absolute atomic E-state index is 11.3. The summed E-state index contributed by atoms with van der Waals surface area (Å²) in [4.78, 5) is 11.3. The van der Waals surface area contributed by atoms with Crippen molar-refractivity contribution in [3.05, 3.63) is 22.7 Å². The normalized spacial score (nSPS) is 10.0. The zero-order valence-electron chi connectivity index (χ0n) is 8.42. The highest BCUT2D eigenvalue weighted by Crippen LogP contribution is 2.22. The zero-order valence-corrected chi connectivity index (χ0v) is 10.0. The molecule has 0 fully saturated rings. The van der Waals surface area contributed by atoms with E-state index >= 15 is 0 Å². The number of carbonyl (C=O) groups is 1. The minimum absolute atomic E-state index is 0.0620. The number of nitrogens with one attached hydrogen (secondary N) is 1. The molecule has 15 heavy (non-hydrogen) atoms. The van der Waals surface area contributed by atoms with E-state index < -0.39 is 0 Å². The number of amides is 1. The van der Waals surface area contributed by atoms with E-state index in [1.165, 1.54) is 0 Å².